The van der Waals surface area contributed by atoms with Crippen molar-refractivity contribution < 1.29 is 0 Å². The molecule has 0 saturated carbocycles. The van der Waals surface area contributed by atoms with Crippen LogP contribution in [0.1, 0.15) is 11.5 Å². The van der Waals surface area contributed by atoms with Gasteiger partial charge in [-0.25, -0.2) is 0 Å². The number of rotatable bonds is 1. The van der Waals surface area contributed by atoms with Gasteiger partial charge in [-0.2, -0.15) is 10.5 Å². The minimum Gasteiger partial charge on any atom is -0.262 e. The first-order chi connectivity index (χ1) is 6.20. The molecule has 1 rings (SSSR count). The average Bonchev–Trinajstić information content (AvgIpc) is 2.11. The maximum atomic E-state index is 8.62. The van der Waals surface area contributed by atoms with Gasteiger partial charge in [-0.3, -0.25) is 4.98 Å². The number of pyridine rings is 1. The Morgan fingerprint density at radius 2 is 1.62 bits per heavy atom. The molecule has 0 spiro atoms. The highest BCUT2D eigenvalue weighted by atomic mass is 35.5. The lowest BCUT2D eigenvalue weighted by molar-refractivity contribution is 1.09. The molecule has 64 valence electrons. The van der Waals surface area contributed by atoms with Gasteiger partial charge in [0.15, 0.2) is 5.92 Å². The molecule has 1 heterocycles. The molecular weight excluding hydrogens is 209 g/mol. The van der Waals surface area contributed by atoms with Crippen LogP contribution in [0.15, 0.2) is 12.4 Å². The van der Waals surface area contributed by atoms with Gasteiger partial charge in [0.2, 0.25) is 0 Å². The fraction of sp³-hybridized carbons (Fsp3) is 0.125. The molecule has 0 bridgehead atoms. The van der Waals surface area contributed by atoms with Gasteiger partial charge in [0.05, 0.1) is 22.2 Å². The Kier molecular flexibility index (Phi) is 3.08. The van der Waals surface area contributed by atoms with Crippen molar-refractivity contribution in [3.8, 4) is 12.1 Å². The van der Waals surface area contributed by atoms with Crippen molar-refractivity contribution in [1.82, 2.24) is 4.98 Å². The normalized spacial score (nSPS) is 9.31. The lowest BCUT2D eigenvalue weighted by atomic mass is 10.0. The molecule has 13 heavy (non-hydrogen) atoms. The Bertz CT molecular complexity index is 369. The molecule has 0 aromatic carbocycles. The van der Waals surface area contributed by atoms with Crippen LogP contribution in [0.4, 0.5) is 0 Å². The SMILES string of the molecule is N#CC(C#N)c1c(Cl)cncc1Cl. The highest BCUT2D eigenvalue weighted by Gasteiger charge is 2.16. The van der Waals surface area contributed by atoms with Crippen LogP contribution in [0.3, 0.4) is 0 Å². The summed E-state index contributed by atoms with van der Waals surface area (Å²) in [6, 6.07) is 3.58. The average molecular weight is 212 g/mol. The molecule has 0 saturated heterocycles. The van der Waals surface area contributed by atoms with Crippen LogP contribution in [-0.2, 0) is 0 Å². The lowest BCUT2D eigenvalue weighted by Gasteiger charge is -2.04. The van der Waals surface area contributed by atoms with E-state index >= 15 is 0 Å². The van der Waals surface area contributed by atoms with Gasteiger partial charge in [0, 0.05) is 18.0 Å². The van der Waals surface area contributed by atoms with Crippen molar-refractivity contribution in [3.05, 3.63) is 28.0 Å². The third-order valence-corrected chi connectivity index (χ3v) is 2.04. The van der Waals surface area contributed by atoms with E-state index in [1.807, 2.05) is 0 Å². The summed E-state index contributed by atoms with van der Waals surface area (Å²) >= 11 is 11.5. The Balaban J connectivity index is 3.30. The van der Waals surface area contributed by atoms with Crippen molar-refractivity contribution in [2.75, 3.05) is 0 Å². The van der Waals surface area contributed by atoms with Gasteiger partial charge < -0.3 is 0 Å². The van der Waals surface area contributed by atoms with Gasteiger partial charge in [-0.05, 0) is 0 Å². The highest BCUT2D eigenvalue weighted by Crippen LogP contribution is 2.29. The van der Waals surface area contributed by atoms with Gasteiger partial charge in [-0.1, -0.05) is 23.2 Å². The minimum absolute atomic E-state index is 0.237. The number of nitriles is 2. The molecule has 1 aromatic rings. The topological polar surface area (TPSA) is 60.5 Å². The van der Waals surface area contributed by atoms with Crippen LogP contribution < -0.4 is 0 Å². The zero-order valence-electron chi connectivity index (χ0n) is 6.33. The Morgan fingerprint density at radius 1 is 1.15 bits per heavy atom. The summed E-state index contributed by atoms with van der Waals surface area (Å²) in [4.78, 5) is 3.71. The van der Waals surface area contributed by atoms with Gasteiger partial charge in [0.1, 0.15) is 0 Å². The molecule has 5 heteroatoms. The van der Waals surface area contributed by atoms with Crippen LogP contribution in [0.5, 0.6) is 0 Å². The predicted molar refractivity (Wildman–Crippen MR) is 48.2 cm³/mol. The van der Waals surface area contributed by atoms with E-state index in [2.05, 4.69) is 4.98 Å². The number of aromatic nitrogens is 1. The van der Waals surface area contributed by atoms with E-state index < -0.39 is 5.92 Å². The van der Waals surface area contributed by atoms with E-state index in [1.165, 1.54) is 12.4 Å². The summed E-state index contributed by atoms with van der Waals surface area (Å²) in [5.41, 5.74) is 0.323. The fourth-order valence-electron chi connectivity index (χ4n) is 0.855. The molecule has 0 fully saturated rings. The van der Waals surface area contributed by atoms with E-state index in [1.54, 1.807) is 12.1 Å². The van der Waals surface area contributed by atoms with Crippen LogP contribution in [0.25, 0.3) is 0 Å². The summed E-state index contributed by atoms with van der Waals surface area (Å²) in [5, 5.41) is 17.7. The van der Waals surface area contributed by atoms with Gasteiger partial charge in [-0.15, -0.1) is 0 Å². The Labute approximate surface area is 85.1 Å². The number of hydrogen-bond acceptors (Lipinski definition) is 3. The van der Waals surface area contributed by atoms with Crippen molar-refractivity contribution in [2.24, 2.45) is 0 Å². The predicted octanol–water partition coefficient (Wildman–Crippen LogP) is 2.52. The molecule has 0 aliphatic carbocycles. The van der Waals surface area contributed by atoms with Crippen LogP contribution in [0.2, 0.25) is 10.0 Å². The zero-order chi connectivity index (χ0) is 9.84. The second-order valence-electron chi connectivity index (χ2n) is 2.21. The molecular formula is C8H3Cl2N3. The summed E-state index contributed by atoms with van der Waals surface area (Å²) in [6.45, 7) is 0. The van der Waals surface area contributed by atoms with Crippen molar-refractivity contribution in [1.29, 1.82) is 10.5 Å². The van der Waals surface area contributed by atoms with Crippen molar-refractivity contribution in [3.63, 3.8) is 0 Å². The first kappa shape index (κ1) is 9.80. The minimum atomic E-state index is -0.942. The van der Waals surface area contributed by atoms with Crippen LogP contribution in [-0.4, -0.2) is 4.98 Å². The third-order valence-electron chi connectivity index (χ3n) is 1.44. The maximum absolute atomic E-state index is 8.62. The molecule has 0 unspecified atom stereocenters. The summed E-state index contributed by atoms with van der Waals surface area (Å²) in [5.74, 6) is -0.942. The fourth-order valence-corrected chi connectivity index (χ4v) is 1.44. The summed E-state index contributed by atoms with van der Waals surface area (Å²) < 4.78 is 0. The van der Waals surface area contributed by atoms with E-state index in [0.29, 0.717) is 5.56 Å². The number of halogens is 2. The smallest absolute Gasteiger partial charge is 0.161 e. The van der Waals surface area contributed by atoms with E-state index in [0.717, 1.165) is 0 Å². The standard InChI is InChI=1S/C8H3Cl2N3/c9-6-3-13-4-7(10)8(6)5(1-11)2-12/h3-5H. The maximum Gasteiger partial charge on any atom is 0.161 e. The Morgan fingerprint density at radius 3 is 2.00 bits per heavy atom. The van der Waals surface area contributed by atoms with E-state index in [9.17, 15) is 0 Å². The lowest BCUT2D eigenvalue weighted by Crippen LogP contribution is -1.95. The quantitative estimate of drug-likeness (QED) is 0.718. The number of hydrogen-bond donors (Lipinski definition) is 0. The molecule has 0 radical (unpaired) electrons. The van der Waals surface area contributed by atoms with Crippen LogP contribution in [0, 0.1) is 22.7 Å². The van der Waals surface area contributed by atoms with Crippen LogP contribution >= 0.6 is 23.2 Å². The van der Waals surface area contributed by atoms with Gasteiger partial charge in [0.25, 0.3) is 0 Å². The highest BCUT2D eigenvalue weighted by molar-refractivity contribution is 6.36. The largest absolute Gasteiger partial charge is 0.262 e. The first-order valence-corrected chi connectivity index (χ1v) is 4.04. The molecule has 0 aliphatic rings. The summed E-state index contributed by atoms with van der Waals surface area (Å²) in [6.07, 6.45) is 2.70. The summed E-state index contributed by atoms with van der Waals surface area (Å²) in [7, 11) is 0. The van der Waals surface area contributed by atoms with Crippen molar-refractivity contribution >= 4 is 23.2 Å². The molecule has 0 N–H and O–H groups in total. The molecule has 0 aliphatic heterocycles. The van der Waals surface area contributed by atoms with E-state index in [4.69, 9.17) is 33.7 Å². The molecule has 3 nitrogen and oxygen atoms in total. The zero-order valence-corrected chi connectivity index (χ0v) is 7.84. The second-order valence-corrected chi connectivity index (χ2v) is 3.02. The van der Waals surface area contributed by atoms with Gasteiger partial charge >= 0.3 is 0 Å². The first-order valence-electron chi connectivity index (χ1n) is 3.28. The Hall–Kier alpha value is -1.29. The van der Waals surface area contributed by atoms with E-state index in [-0.39, 0.29) is 10.0 Å². The molecule has 0 amide bonds. The molecule has 1 aromatic heterocycles. The second kappa shape index (κ2) is 4.09. The molecule has 0 atom stereocenters. The third kappa shape index (κ3) is 1.89. The monoisotopic (exact) mass is 211 g/mol. The number of nitrogens with zero attached hydrogens (tertiary/aromatic N) is 3. The van der Waals surface area contributed by atoms with Crippen molar-refractivity contribution in [2.45, 2.75) is 5.92 Å².